The van der Waals surface area contributed by atoms with Crippen molar-refractivity contribution in [3.8, 4) is 67.9 Å². The molecule has 12 aromatic carbocycles. The fraction of sp³-hybridized carbons (Fsp3) is 0.286. The van der Waals surface area contributed by atoms with Gasteiger partial charge in [-0.05, 0) is 0 Å². The van der Waals surface area contributed by atoms with Gasteiger partial charge in [0.25, 0.3) is 0 Å². The first-order valence-electron chi connectivity index (χ1n) is 32.8. The summed E-state index contributed by atoms with van der Waals surface area (Å²) in [7, 11) is 0. The zero-order chi connectivity index (χ0) is 66.8. The van der Waals surface area contributed by atoms with Crippen molar-refractivity contribution in [2.75, 3.05) is 0 Å². The molecule has 2 heterocycles. The van der Waals surface area contributed by atoms with E-state index in [-0.39, 0.29) is 32.5 Å². The molecule has 2 aliphatic rings. The van der Waals surface area contributed by atoms with Crippen LogP contribution < -0.4 is 27.1 Å². The molecule has 0 spiro atoms. The van der Waals surface area contributed by atoms with Crippen LogP contribution in [0.4, 0.5) is 0 Å². The molecule has 0 N–H and O–H groups in total. The zero-order valence-corrected chi connectivity index (χ0v) is 62.7. The van der Waals surface area contributed by atoms with Crippen molar-refractivity contribution in [1.29, 1.82) is 0 Å². The average Bonchev–Trinajstić information content (AvgIpc) is 1.35. The molecule has 0 saturated carbocycles. The summed E-state index contributed by atoms with van der Waals surface area (Å²) in [4.78, 5) is 0. The van der Waals surface area contributed by atoms with Crippen LogP contribution in [-0.2, 0) is 32.5 Å². The zero-order valence-electron chi connectivity index (χ0n) is 57.5. The van der Waals surface area contributed by atoms with Crippen LogP contribution in [0.5, 0.6) is 34.5 Å². The van der Waals surface area contributed by atoms with E-state index in [2.05, 4.69) is 338 Å². The van der Waals surface area contributed by atoms with E-state index in [1.165, 1.54) is 33.4 Å². The number of hydrogen-bond donors (Lipinski definition) is 0. The quantitative estimate of drug-likeness (QED) is 0.126. The summed E-state index contributed by atoms with van der Waals surface area (Å²) in [6.07, 6.45) is 0. The first kappa shape index (κ1) is 64.2. The van der Waals surface area contributed by atoms with Gasteiger partial charge in [-0.3, -0.25) is 0 Å². The molecule has 0 bridgehead atoms. The minimum absolute atomic E-state index is 0.0554. The van der Waals surface area contributed by atoms with E-state index in [4.69, 9.17) is 27.1 Å². The summed E-state index contributed by atoms with van der Waals surface area (Å²) >= 11 is 6.93. The molecule has 0 aromatic heterocycles. The summed E-state index contributed by atoms with van der Waals surface area (Å²) < 4.78 is 45.3. The van der Waals surface area contributed by atoms with Crippen molar-refractivity contribution in [2.45, 2.75) is 157 Å². The Hall–Kier alpha value is -7.10. The van der Waals surface area contributed by atoms with E-state index in [1.807, 2.05) is 0 Å². The third kappa shape index (κ3) is 11.6. The molecular formula is C84H84O6P2Se2. The molecule has 0 saturated heterocycles. The third-order valence-electron chi connectivity index (χ3n) is 19.1. The van der Waals surface area contributed by atoms with Gasteiger partial charge >= 0.3 is 577 Å². The second-order valence-corrected chi connectivity index (χ2v) is 40.7. The van der Waals surface area contributed by atoms with Crippen LogP contribution in [0.1, 0.15) is 158 Å². The van der Waals surface area contributed by atoms with Gasteiger partial charge in [0.05, 0.1) is 0 Å². The third-order valence-corrected chi connectivity index (χ3v) is 24.4. The molecule has 0 amide bonds. The first-order valence-corrected chi connectivity index (χ1v) is 40.3. The Balaban J connectivity index is 0.990. The normalized spacial score (nSPS) is 14.9. The van der Waals surface area contributed by atoms with E-state index in [1.54, 1.807) is 0 Å². The van der Waals surface area contributed by atoms with E-state index < -0.39 is 13.3 Å². The van der Waals surface area contributed by atoms with Gasteiger partial charge in [0.15, 0.2) is 0 Å². The standard InChI is InChI=1S/C84H84O6P2Se2/c1-79(2,3)55-25-31-61-49(43-55)19-37-67-73(61)74-62-32-26-56(80(4,5)6)44-50(62)20-38-68(74)86-91(93,85-67)89-71-41-23-53-47-59(83(13,14)15)29-35-65(53)77(71)78-66-36-30-60(84(16,17)18)48-54(66)24-42-72(78)90-92(94)87-69-39-21-51-45-57(81(7,8)9)27-33-63(51)75(69)76-64-34-28-58(82(10,11)12)46-52(64)22-40-70(76)88-92/h19-48H,1-18H3. The maximum absolute atomic E-state index is 7.72. The van der Waals surface area contributed by atoms with E-state index in [0.717, 1.165) is 98.0 Å². The molecule has 0 fully saturated rings. The Morgan fingerprint density at radius 2 is 0.415 bits per heavy atom. The fourth-order valence-corrected chi connectivity index (χ4v) is 19.1. The number of benzene rings is 12. The summed E-state index contributed by atoms with van der Waals surface area (Å²) in [6.45, 7) is 33.5. The van der Waals surface area contributed by atoms with Crippen LogP contribution in [0, 0.1) is 0 Å². The van der Waals surface area contributed by atoms with Crippen molar-refractivity contribution < 1.29 is 27.1 Å². The Kier molecular flexibility index (Phi) is 15.2. The minimum atomic E-state index is -3.60. The van der Waals surface area contributed by atoms with Gasteiger partial charge in [-0.15, -0.1) is 0 Å². The van der Waals surface area contributed by atoms with Crippen LogP contribution in [0.15, 0.2) is 182 Å². The SMILES string of the molecule is CC(C)(C)c1ccc2c(-c3c(O[P+]4([Se-])Oc5ccc6cc(C(C)(C)C)ccc6c5-c5c(ccc6cc(C(C)(C)C)ccc56)O4)ccc4cc(C(C)(C)C)ccc34)c(O[P+]3([Se-])Oc4ccc5cc(C(C)(C)C)ccc5c4-c4c(ccc5cc(C(C)(C)C)ccc45)O3)ccc2c1. The predicted octanol–water partition coefficient (Wildman–Crippen LogP) is 24.8. The van der Waals surface area contributed by atoms with Crippen LogP contribution in [0.25, 0.3) is 98.0 Å². The first-order chi connectivity index (χ1) is 44.0. The molecular weight excluding hydrogens is 1320 g/mol. The maximum atomic E-state index is 7.72. The van der Waals surface area contributed by atoms with Gasteiger partial charge < -0.3 is 0 Å². The Morgan fingerprint density at radius 1 is 0.234 bits per heavy atom. The topological polar surface area (TPSA) is 55.4 Å². The van der Waals surface area contributed by atoms with Gasteiger partial charge in [0.1, 0.15) is 0 Å². The molecule has 0 radical (unpaired) electrons. The molecule has 14 rings (SSSR count). The fourth-order valence-electron chi connectivity index (χ4n) is 13.5. The summed E-state index contributed by atoms with van der Waals surface area (Å²) in [6, 6.07) is 66.5. The number of hydrogen-bond acceptors (Lipinski definition) is 6. The molecule has 10 heteroatoms. The van der Waals surface area contributed by atoms with Crippen molar-refractivity contribution in [3.05, 3.63) is 215 Å². The Labute approximate surface area is 572 Å². The Morgan fingerprint density at radius 3 is 0.606 bits per heavy atom. The van der Waals surface area contributed by atoms with Crippen LogP contribution in [0.3, 0.4) is 0 Å². The second-order valence-electron chi connectivity index (χ2n) is 32.2. The molecule has 6 nitrogen and oxygen atoms in total. The average molecular weight is 1410 g/mol. The molecule has 478 valence electrons. The van der Waals surface area contributed by atoms with Crippen LogP contribution >= 0.6 is 13.3 Å². The summed E-state index contributed by atoms with van der Waals surface area (Å²) in [5, 5.41) is 12.7. The van der Waals surface area contributed by atoms with Gasteiger partial charge in [0, 0.05) is 0 Å². The van der Waals surface area contributed by atoms with E-state index in [0.29, 0.717) is 34.5 Å². The molecule has 94 heavy (non-hydrogen) atoms. The van der Waals surface area contributed by atoms with Crippen molar-refractivity contribution >= 4 is 109 Å². The van der Waals surface area contributed by atoms with Crippen molar-refractivity contribution in [3.63, 3.8) is 0 Å². The Bertz CT molecular complexity index is 4610. The number of fused-ring (bicyclic) bond motifs is 16. The molecule has 0 unspecified atom stereocenters. The van der Waals surface area contributed by atoms with Crippen LogP contribution in [0.2, 0.25) is 0 Å². The van der Waals surface area contributed by atoms with Crippen LogP contribution in [-0.4, -0.2) is 31.1 Å². The predicted molar refractivity (Wildman–Crippen MR) is 402 cm³/mol. The number of rotatable bonds is 5. The second kappa shape index (κ2) is 22.2. The van der Waals surface area contributed by atoms with E-state index >= 15 is 0 Å². The molecule has 0 atom stereocenters. The van der Waals surface area contributed by atoms with Crippen molar-refractivity contribution in [1.82, 2.24) is 0 Å². The van der Waals surface area contributed by atoms with Gasteiger partial charge in [-0.1, -0.05) is 0 Å². The van der Waals surface area contributed by atoms with Gasteiger partial charge in [-0.25, -0.2) is 0 Å². The molecule has 2 aliphatic heterocycles. The molecule has 0 aliphatic carbocycles. The van der Waals surface area contributed by atoms with Crippen molar-refractivity contribution in [2.24, 2.45) is 0 Å². The van der Waals surface area contributed by atoms with E-state index in [9.17, 15) is 0 Å². The molecule has 12 aromatic rings. The monoisotopic (exact) mass is 1410 g/mol. The summed E-state index contributed by atoms with van der Waals surface area (Å²) in [5.74, 6) is 3.75. The van der Waals surface area contributed by atoms with Gasteiger partial charge in [0.2, 0.25) is 0 Å². The summed E-state index contributed by atoms with van der Waals surface area (Å²) in [5.41, 5.74) is 12.4. The van der Waals surface area contributed by atoms with Gasteiger partial charge in [-0.2, -0.15) is 0 Å².